The van der Waals surface area contributed by atoms with Gasteiger partial charge in [-0.2, -0.15) is 23.5 Å². The van der Waals surface area contributed by atoms with E-state index in [0.717, 1.165) is 17.3 Å². The molecule has 2 heterocycles. The second-order valence-corrected chi connectivity index (χ2v) is 7.59. The lowest BCUT2D eigenvalue weighted by molar-refractivity contribution is -0.144. The van der Waals surface area contributed by atoms with Crippen molar-refractivity contribution in [3.63, 3.8) is 0 Å². The van der Waals surface area contributed by atoms with E-state index >= 15 is 0 Å². The number of hydrogen-bond acceptors (Lipinski definition) is 5. The minimum Gasteiger partial charge on any atom is -0.277 e. The second kappa shape index (κ2) is 6.17. The van der Waals surface area contributed by atoms with Gasteiger partial charge in [0.15, 0.2) is 0 Å². The Morgan fingerprint density at radius 3 is 2.63 bits per heavy atom. The Morgan fingerprint density at radius 1 is 1.32 bits per heavy atom. The number of amides is 4. The molecule has 19 heavy (non-hydrogen) atoms. The first-order chi connectivity index (χ1) is 9.00. The summed E-state index contributed by atoms with van der Waals surface area (Å²) in [7, 11) is 0. The molecule has 0 aromatic heterocycles. The zero-order valence-corrected chi connectivity index (χ0v) is 12.7. The minimum absolute atomic E-state index is 0.100. The maximum absolute atomic E-state index is 12.3. The summed E-state index contributed by atoms with van der Waals surface area (Å²) in [5.74, 6) is 1.46. The van der Waals surface area contributed by atoms with Gasteiger partial charge in [0.2, 0.25) is 11.8 Å². The maximum atomic E-state index is 12.3. The van der Waals surface area contributed by atoms with Gasteiger partial charge in [0.05, 0.1) is 0 Å². The van der Waals surface area contributed by atoms with E-state index in [1.807, 2.05) is 25.6 Å². The van der Waals surface area contributed by atoms with Crippen molar-refractivity contribution in [2.75, 3.05) is 23.8 Å². The zero-order valence-electron chi connectivity index (χ0n) is 11.0. The van der Waals surface area contributed by atoms with Crippen molar-refractivity contribution in [1.82, 2.24) is 10.2 Å². The largest absolute Gasteiger partial charge is 0.330 e. The lowest BCUT2D eigenvalue weighted by Crippen LogP contribution is -2.60. The summed E-state index contributed by atoms with van der Waals surface area (Å²) >= 11 is 3.64. The van der Waals surface area contributed by atoms with Crippen LogP contribution in [-0.4, -0.2) is 51.8 Å². The van der Waals surface area contributed by atoms with Gasteiger partial charge in [0, 0.05) is 29.1 Å². The lowest BCUT2D eigenvalue weighted by Gasteiger charge is -2.34. The number of carbonyl (C=O) groups is 3. The Morgan fingerprint density at radius 2 is 2.05 bits per heavy atom. The first-order valence-electron chi connectivity index (χ1n) is 6.36. The normalized spacial score (nSPS) is 28.8. The van der Waals surface area contributed by atoms with Gasteiger partial charge in [-0.3, -0.25) is 19.8 Å². The molecule has 0 spiro atoms. The van der Waals surface area contributed by atoms with Gasteiger partial charge in [0.25, 0.3) is 0 Å². The SMILES string of the molecule is CC(C)C1C(=O)NC(=O)N(CC2CSCCS2)C1=O. The van der Waals surface area contributed by atoms with Gasteiger partial charge < -0.3 is 0 Å². The van der Waals surface area contributed by atoms with Gasteiger partial charge in [0.1, 0.15) is 5.92 Å². The second-order valence-electron chi connectivity index (χ2n) is 5.03. The minimum atomic E-state index is -0.737. The van der Waals surface area contributed by atoms with E-state index < -0.39 is 17.9 Å². The molecule has 2 saturated heterocycles. The quantitative estimate of drug-likeness (QED) is 0.793. The van der Waals surface area contributed by atoms with Crippen molar-refractivity contribution >= 4 is 41.4 Å². The molecule has 5 nitrogen and oxygen atoms in total. The van der Waals surface area contributed by atoms with Gasteiger partial charge in [-0.25, -0.2) is 4.79 Å². The first-order valence-corrected chi connectivity index (χ1v) is 8.56. The van der Waals surface area contributed by atoms with Crippen molar-refractivity contribution in [3.05, 3.63) is 0 Å². The Labute approximate surface area is 121 Å². The average Bonchev–Trinajstić information content (AvgIpc) is 2.35. The van der Waals surface area contributed by atoms with Crippen LogP contribution in [0, 0.1) is 11.8 Å². The number of hydrogen-bond donors (Lipinski definition) is 1. The molecule has 0 radical (unpaired) electrons. The molecule has 4 amide bonds. The molecule has 2 rings (SSSR count). The Bertz CT molecular complexity index is 394. The van der Waals surface area contributed by atoms with Crippen LogP contribution in [0.1, 0.15) is 13.8 Å². The van der Waals surface area contributed by atoms with Crippen LogP contribution in [-0.2, 0) is 9.59 Å². The van der Waals surface area contributed by atoms with Crippen LogP contribution in [0.3, 0.4) is 0 Å². The number of imide groups is 2. The fraction of sp³-hybridized carbons (Fsp3) is 0.750. The monoisotopic (exact) mass is 302 g/mol. The molecule has 0 saturated carbocycles. The highest BCUT2D eigenvalue weighted by Crippen LogP contribution is 2.26. The van der Waals surface area contributed by atoms with Crippen LogP contribution >= 0.6 is 23.5 Å². The van der Waals surface area contributed by atoms with Crippen LogP contribution in [0.2, 0.25) is 0 Å². The van der Waals surface area contributed by atoms with Gasteiger partial charge in [-0.1, -0.05) is 13.8 Å². The fourth-order valence-corrected chi connectivity index (χ4v) is 4.89. The molecule has 0 aromatic carbocycles. The number of nitrogens with zero attached hydrogens (tertiary/aromatic N) is 1. The van der Waals surface area contributed by atoms with Crippen molar-refractivity contribution < 1.29 is 14.4 Å². The van der Waals surface area contributed by atoms with Crippen molar-refractivity contribution in [1.29, 1.82) is 0 Å². The van der Waals surface area contributed by atoms with E-state index in [-0.39, 0.29) is 17.1 Å². The standard InChI is InChI=1S/C12H18N2O3S2/c1-7(2)9-10(15)13-12(17)14(11(9)16)5-8-6-18-3-4-19-8/h7-9H,3-6H2,1-2H3,(H,13,15,17). The number of rotatable bonds is 3. The van der Waals surface area contributed by atoms with Crippen LogP contribution in [0.25, 0.3) is 0 Å². The number of carbonyl (C=O) groups excluding carboxylic acids is 3. The average molecular weight is 302 g/mol. The molecule has 7 heteroatoms. The first kappa shape index (κ1) is 14.7. The predicted octanol–water partition coefficient (Wildman–Crippen LogP) is 1.19. The highest BCUT2D eigenvalue weighted by molar-refractivity contribution is 8.06. The maximum Gasteiger partial charge on any atom is 0.330 e. The summed E-state index contributed by atoms with van der Waals surface area (Å²) in [6.45, 7) is 4.04. The van der Waals surface area contributed by atoms with E-state index in [1.54, 1.807) is 11.8 Å². The predicted molar refractivity (Wildman–Crippen MR) is 77.2 cm³/mol. The van der Waals surface area contributed by atoms with Gasteiger partial charge >= 0.3 is 6.03 Å². The third-order valence-corrected chi connectivity index (χ3v) is 6.05. The zero-order chi connectivity index (χ0) is 14.0. The third kappa shape index (κ3) is 3.25. The highest BCUT2D eigenvalue weighted by Gasteiger charge is 2.42. The van der Waals surface area contributed by atoms with E-state index in [0.29, 0.717) is 6.54 Å². The molecule has 2 aliphatic heterocycles. The van der Waals surface area contributed by atoms with E-state index in [4.69, 9.17) is 0 Å². The summed E-state index contributed by atoms with van der Waals surface area (Å²) in [6.07, 6.45) is 0. The van der Waals surface area contributed by atoms with Gasteiger partial charge in [-0.05, 0) is 5.92 Å². The number of barbiturate groups is 1. The number of thioether (sulfide) groups is 2. The summed E-state index contributed by atoms with van der Waals surface area (Å²) in [5, 5.41) is 2.56. The molecule has 106 valence electrons. The molecule has 1 N–H and O–H groups in total. The summed E-state index contributed by atoms with van der Waals surface area (Å²) in [6, 6.07) is -0.567. The number of nitrogens with one attached hydrogen (secondary N) is 1. The molecule has 2 unspecified atom stereocenters. The summed E-state index contributed by atoms with van der Waals surface area (Å²) in [5.41, 5.74) is 0. The highest BCUT2D eigenvalue weighted by atomic mass is 32.2. The van der Waals surface area contributed by atoms with Crippen molar-refractivity contribution in [3.8, 4) is 0 Å². The topological polar surface area (TPSA) is 66.5 Å². The molecule has 2 fully saturated rings. The lowest BCUT2D eigenvalue weighted by atomic mass is 9.92. The third-order valence-electron chi connectivity index (χ3n) is 3.23. The van der Waals surface area contributed by atoms with E-state index in [9.17, 15) is 14.4 Å². The van der Waals surface area contributed by atoms with Crippen LogP contribution < -0.4 is 5.32 Å². The molecular weight excluding hydrogens is 284 g/mol. The van der Waals surface area contributed by atoms with Crippen LogP contribution in [0.4, 0.5) is 4.79 Å². The molecule has 0 bridgehead atoms. The molecule has 0 aromatic rings. The van der Waals surface area contributed by atoms with E-state index in [1.165, 1.54) is 4.90 Å². The van der Waals surface area contributed by atoms with E-state index in [2.05, 4.69) is 5.32 Å². The van der Waals surface area contributed by atoms with Crippen LogP contribution in [0.15, 0.2) is 0 Å². The Balaban J connectivity index is 2.07. The Kier molecular flexibility index (Phi) is 4.78. The summed E-state index contributed by atoms with van der Waals surface area (Å²) in [4.78, 5) is 37.0. The van der Waals surface area contributed by atoms with Crippen molar-refractivity contribution in [2.24, 2.45) is 11.8 Å². The van der Waals surface area contributed by atoms with Crippen LogP contribution in [0.5, 0.6) is 0 Å². The Hall–Kier alpha value is -0.690. The van der Waals surface area contributed by atoms with Crippen molar-refractivity contribution in [2.45, 2.75) is 19.1 Å². The van der Waals surface area contributed by atoms with Gasteiger partial charge in [-0.15, -0.1) is 0 Å². The number of urea groups is 1. The molecular formula is C12H18N2O3S2. The fourth-order valence-electron chi connectivity index (χ4n) is 2.24. The molecule has 0 aliphatic carbocycles. The molecule has 2 aliphatic rings. The smallest absolute Gasteiger partial charge is 0.277 e. The summed E-state index contributed by atoms with van der Waals surface area (Å²) < 4.78 is 0. The molecule has 2 atom stereocenters.